The van der Waals surface area contributed by atoms with E-state index in [0.717, 1.165) is 0 Å². The molecule has 0 aliphatic carbocycles. The zero-order valence-corrected chi connectivity index (χ0v) is 7.83. The number of benzene rings is 1. The standard InChI is InChI=1S/C8H5ClF5N/c9-4-2-6(11)5(10)1-3(4)7(15)8(12,13)14/h1-2,7H,15H2/t7-/m0/s1. The van der Waals surface area contributed by atoms with Crippen LogP contribution in [0.2, 0.25) is 5.02 Å². The normalized spacial score (nSPS) is 14.1. The molecule has 0 radical (unpaired) electrons. The first-order chi connectivity index (χ1) is 6.73. The molecule has 0 amide bonds. The van der Waals surface area contributed by atoms with Crippen LogP contribution < -0.4 is 5.73 Å². The molecule has 0 aromatic heterocycles. The van der Waals surface area contributed by atoms with Crippen molar-refractivity contribution in [1.82, 2.24) is 0 Å². The summed E-state index contributed by atoms with van der Waals surface area (Å²) in [5.41, 5.74) is 4.10. The first kappa shape index (κ1) is 12.2. The fourth-order valence-electron chi connectivity index (χ4n) is 0.953. The summed E-state index contributed by atoms with van der Waals surface area (Å²) in [4.78, 5) is 0. The van der Waals surface area contributed by atoms with Crippen LogP contribution in [0.4, 0.5) is 22.0 Å². The summed E-state index contributed by atoms with van der Waals surface area (Å²) in [6.07, 6.45) is -4.76. The van der Waals surface area contributed by atoms with Crippen LogP contribution in [0, 0.1) is 11.6 Å². The first-order valence-corrected chi connectivity index (χ1v) is 4.08. The number of halogens is 6. The van der Waals surface area contributed by atoms with Crippen molar-refractivity contribution in [3.05, 3.63) is 34.4 Å². The Hall–Kier alpha value is -0.880. The minimum atomic E-state index is -4.76. The van der Waals surface area contributed by atoms with E-state index in [1.54, 1.807) is 0 Å². The summed E-state index contributed by atoms with van der Waals surface area (Å²) in [5.74, 6) is -2.74. The lowest BCUT2D eigenvalue weighted by Crippen LogP contribution is -2.28. The van der Waals surface area contributed by atoms with Gasteiger partial charge in [-0.1, -0.05) is 11.6 Å². The molecule has 1 atom stereocenters. The number of hydrogen-bond acceptors (Lipinski definition) is 1. The molecule has 7 heteroatoms. The zero-order valence-electron chi connectivity index (χ0n) is 7.08. The van der Waals surface area contributed by atoms with E-state index < -0.39 is 34.4 Å². The number of nitrogens with two attached hydrogens (primary N) is 1. The van der Waals surface area contributed by atoms with Crippen LogP contribution in [0.25, 0.3) is 0 Å². The van der Waals surface area contributed by atoms with E-state index in [-0.39, 0.29) is 0 Å². The van der Waals surface area contributed by atoms with Crippen molar-refractivity contribution in [2.24, 2.45) is 5.73 Å². The second-order valence-corrected chi connectivity index (χ2v) is 3.21. The predicted molar refractivity (Wildman–Crippen MR) is 44.4 cm³/mol. The van der Waals surface area contributed by atoms with Gasteiger partial charge in [-0.3, -0.25) is 0 Å². The van der Waals surface area contributed by atoms with Crippen molar-refractivity contribution in [3.8, 4) is 0 Å². The van der Waals surface area contributed by atoms with Gasteiger partial charge in [0.1, 0.15) is 6.04 Å². The summed E-state index contributed by atoms with van der Waals surface area (Å²) in [7, 11) is 0. The van der Waals surface area contributed by atoms with Crippen LogP contribution in [0.5, 0.6) is 0 Å². The highest BCUT2D eigenvalue weighted by atomic mass is 35.5. The van der Waals surface area contributed by atoms with Gasteiger partial charge in [0.2, 0.25) is 0 Å². The molecule has 0 aliphatic heterocycles. The monoisotopic (exact) mass is 245 g/mol. The molecule has 0 saturated heterocycles. The van der Waals surface area contributed by atoms with Crippen LogP contribution in [0.1, 0.15) is 11.6 Å². The van der Waals surface area contributed by atoms with Gasteiger partial charge in [0.15, 0.2) is 11.6 Å². The van der Waals surface area contributed by atoms with Gasteiger partial charge in [-0.25, -0.2) is 8.78 Å². The van der Waals surface area contributed by atoms with Gasteiger partial charge in [-0.05, 0) is 17.7 Å². The third kappa shape index (κ3) is 2.57. The van der Waals surface area contributed by atoms with Crippen molar-refractivity contribution >= 4 is 11.6 Å². The maximum Gasteiger partial charge on any atom is 0.407 e. The fraction of sp³-hybridized carbons (Fsp3) is 0.250. The van der Waals surface area contributed by atoms with Crippen LogP contribution in [0.3, 0.4) is 0 Å². The molecule has 0 saturated carbocycles. The van der Waals surface area contributed by atoms with Gasteiger partial charge in [0.05, 0.1) is 0 Å². The largest absolute Gasteiger partial charge is 0.407 e. The summed E-state index contributed by atoms with van der Waals surface area (Å²) in [6.45, 7) is 0. The molecule has 0 aliphatic rings. The van der Waals surface area contributed by atoms with Gasteiger partial charge >= 0.3 is 6.18 Å². The molecule has 0 spiro atoms. The van der Waals surface area contributed by atoms with E-state index in [2.05, 4.69) is 0 Å². The van der Waals surface area contributed by atoms with Gasteiger partial charge in [-0.15, -0.1) is 0 Å². The molecule has 1 nitrogen and oxygen atoms in total. The lowest BCUT2D eigenvalue weighted by Gasteiger charge is -2.17. The molecule has 15 heavy (non-hydrogen) atoms. The molecule has 0 bridgehead atoms. The minimum Gasteiger partial charge on any atom is -0.316 e. The lowest BCUT2D eigenvalue weighted by atomic mass is 10.1. The molecule has 0 unspecified atom stereocenters. The summed E-state index contributed by atoms with van der Waals surface area (Å²) in [5, 5.41) is -0.557. The Bertz CT molecular complexity index is 376. The quantitative estimate of drug-likeness (QED) is 0.597. The number of rotatable bonds is 1. The van der Waals surface area contributed by atoms with E-state index in [1.165, 1.54) is 0 Å². The molecule has 1 aromatic carbocycles. The van der Waals surface area contributed by atoms with E-state index in [4.69, 9.17) is 17.3 Å². The predicted octanol–water partition coefficient (Wildman–Crippen LogP) is 3.18. The lowest BCUT2D eigenvalue weighted by molar-refractivity contribution is -0.149. The molecular formula is C8H5ClF5N. The Morgan fingerprint density at radius 1 is 1.13 bits per heavy atom. The van der Waals surface area contributed by atoms with Crippen molar-refractivity contribution in [1.29, 1.82) is 0 Å². The summed E-state index contributed by atoms with van der Waals surface area (Å²) >= 11 is 5.32. The Labute approximate surface area is 86.6 Å². The maximum atomic E-state index is 12.7. The molecular weight excluding hydrogens is 241 g/mol. The SMILES string of the molecule is N[C@@H](c1cc(F)c(F)cc1Cl)C(F)(F)F. The van der Waals surface area contributed by atoms with E-state index in [9.17, 15) is 22.0 Å². The summed E-state index contributed by atoms with van der Waals surface area (Å²) < 4.78 is 61.6. The van der Waals surface area contributed by atoms with Gasteiger partial charge in [0, 0.05) is 5.02 Å². The highest BCUT2D eigenvalue weighted by molar-refractivity contribution is 6.31. The molecule has 1 aromatic rings. The number of alkyl halides is 3. The van der Waals surface area contributed by atoms with E-state index >= 15 is 0 Å². The minimum absolute atomic E-state index is 0.343. The zero-order chi connectivity index (χ0) is 11.8. The average molecular weight is 246 g/mol. The van der Waals surface area contributed by atoms with Gasteiger partial charge in [0.25, 0.3) is 0 Å². The van der Waals surface area contributed by atoms with E-state index in [1.807, 2.05) is 0 Å². The molecule has 0 fully saturated rings. The highest BCUT2D eigenvalue weighted by Gasteiger charge is 2.39. The van der Waals surface area contributed by atoms with Gasteiger partial charge in [-0.2, -0.15) is 13.2 Å². The smallest absolute Gasteiger partial charge is 0.316 e. The topological polar surface area (TPSA) is 26.0 Å². The van der Waals surface area contributed by atoms with Crippen molar-refractivity contribution in [3.63, 3.8) is 0 Å². The fourth-order valence-corrected chi connectivity index (χ4v) is 1.22. The molecule has 2 N–H and O–H groups in total. The Morgan fingerprint density at radius 3 is 2.07 bits per heavy atom. The van der Waals surface area contributed by atoms with Crippen LogP contribution >= 0.6 is 11.6 Å². The van der Waals surface area contributed by atoms with Crippen molar-refractivity contribution in [2.45, 2.75) is 12.2 Å². The van der Waals surface area contributed by atoms with Crippen LogP contribution in [0.15, 0.2) is 12.1 Å². The number of hydrogen-bond donors (Lipinski definition) is 1. The Balaban J connectivity index is 3.21. The van der Waals surface area contributed by atoms with Gasteiger partial charge < -0.3 is 5.73 Å². The van der Waals surface area contributed by atoms with E-state index in [0.29, 0.717) is 12.1 Å². The second-order valence-electron chi connectivity index (χ2n) is 2.81. The average Bonchev–Trinajstić information content (AvgIpc) is 2.08. The summed E-state index contributed by atoms with van der Waals surface area (Å²) in [6, 6.07) is -1.63. The molecule has 84 valence electrons. The third-order valence-corrected chi connectivity index (χ3v) is 2.05. The van der Waals surface area contributed by atoms with Crippen molar-refractivity contribution in [2.75, 3.05) is 0 Å². The maximum absolute atomic E-state index is 12.7. The Morgan fingerprint density at radius 2 is 1.60 bits per heavy atom. The highest BCUT2D eigenvalue weighted by Crippen LogP contribution is 2.34. The van der Waals surface area contributed by atoms with Crippen LogP contribution in [-0.2, 0) is 0 Å². The second kappa shape index (κ2) is 3.94. The Kier molecular flexibility index (Phi) is 3.20. The third-order valence-electron chi connectivity index (χ3n) is 1.73. The molecule has 1 rings (SSSR count). The first-order valence-electron chi connectivity index (χ1n) is 3.70. The van der Waals surface area contributed by atoms with Crippen molar-refractivity contribution < 1.29 is 22.0 Å². The van der Waals surface area contributed by atoms with Crippen LogP contribution in [-0.4, -0.2) is 6.18 Å². The molecule has 0 heterocycles.